The number of nitrogens with zero attached hydrogens (tertiary/aromatic N) is 1. The van der Waals surface area contributed by atoms with Crippen molar-refractivity contribution in [2.24, 2.45) is 5.92 Å². The van der Waals surface area contributed by atoms with E-state index >= 15 is 0 Å². The summed E-state index contributed by atoms with van der Waals surface area (Å²) < 4.78 is 5.32. The Morgan fingerprint density at radius 2 is 2.24 bits per heavy atom. The Bertz CT molecular complexity index is 245. The second kappa shape index (κ2) is 6.21. The number of aliphatic hydroxyl groups is 1. The van der Waals surface area contributed by atoms with Crippen LogP contribution in [0.15, 0.2) is 0 Å². The molecule has 5 nitrogen and oxygen atoms in total. The number of carbonyl (C=O) groups is 1. The van der Waals surface area contributed by atoms with E-state index < -0.39 is 5.60 Å². The normalized spacial score (nSPS) is 20.4. The maximum absolute atomic E-state index is 11.9. The van der Waals surface area contributed by atoms with Crippen LogP contribution in [0.5, 0.6) is 0 Å². The van der Waals surface area contributed by atoms with Gasteiger partial charge in [-0.1, -0.05) is 0 Å². The van der Waals surface area contributed by atoms with Gasteiger partial charge < -0.3 is 20.1 Å². The first-order chi connectivity index (χ1) is 7.92. The number of aliphatic hydroxyl groups excluding tert-OH is 1. The van der Waals surface area contributed by atoms with Gasteiger partial charge in [-0.15, -0.1) is 0 Å². The van der Waals surface area contributed by atoms with Crippen LogP contribution in [-0.2, 0) is 4.74 Å². The highest BCUT2D eigenvalue weighted by molar-refractivity contribution is 5.68. The summed E-state index contributed by atoms with van der Waals surface area (Å²) in [4.78, 5) is 13.5. The first-order valence-corrected chi connectivity index (χ1v) is 6.22. The predicted molar refractivity (Wildman–Crippen MR) is 65.9 cm³/mol. The Kier molecular flexibility index (Phi) is 5.21. The summed E-state index contributed by atoms with van der Waals surface area (Å²) in [6.45, 7) is 8.45. The maximum atomic E-state index is 11.9. The molecule has 1 aliphatic rings. The smallest absolute Gasteiger partial charge is 0.410 e. The average molecular weight is 244 g/mol. The lowest BCUT2D eigenvalue weighted by Crippen LogP contribution is -2.41. The molecule has 1 saturated heterocycles. The molecule has 1 rings (SSSR count). The van der Waals surface area contributed by atoms with Crippen LogP contribution in [0.1, 0.15) is 27.2 Å². The van der Waals surface area contributed by atoms with Crippen molar-refractivity contribution < 1.29 is 14.6 Å². The molecule has 1 heterocycles. The largest absolute Gasteiger partial charge is 0.444 e. The van der Waals surface area contributed by atoms with Crippen LogP contribution in [-0.4, -0.2) is 54.5 Å². The molecule has 0 radical (unpaired) electrons. The number of ether oxygens (including phenoxy) is 1. The minimum absolute atomic E-state index is 0.0284. The molecule has 0 aromatic rings. The average Bonchev–Trinajstić information content (AvgIpc) is 2.67. The second-order valence-electron chi connectivity index (χ2n) is 5.51. The number of rotatable bonds is 4. The molecule has 2 N–H and O–H groups in total. The van der Waals surface area contributed by atoms with Crippen LogP contribution in [0.3, 0.4) is 0 Å². The standard InChI is InChI=1S/C12H24N2O3/c1-12(2,3)17-11(16)14(6-7-15)9-10-4-5-13-8-10/h10,13,15H,4-9H2,1-3H3. The van der Waals surface area contributed by atoms with Crippen molar-refractivity contribution in [3.8, 4) is 0 Å². The van der Waals surface area contributed by atoms with Crippen molar-refractivity contribution in [3.63, 3.8) is 0 Å². The Hall–Kier alpha value is -0.810. The molecule has 0 bridgehead atoms. The summed E-state index contributed by atoms with van der Waals surface area (Å²) in [5.74, 6) is 0.467. The van der Waals surface area contributed by atoms with Gasteiger partial charge >= 0.3 is 6.09 Å². The minimum atomic E-state index is -0.487. The Balaban J connectivity index is 2.48. The summed E-state index contributed by atoms with van der Waals surface area (Å²) in [6, 6.07) is 0. The molecule has 0 spiro atoms. The topological polar surface area (TPSA) is 61.8 Å². The van der Waals surface area contributed by atoms with Gasteiger partial charge in [-0.3, -0.25) is 0 Å². The van der Waals surface area contributed by atoms with Gasteiger partial charge in [-0.25, -0.2) is 4.79 Å². The van der Waals surface area contributed by atoms with E-state index in [4.69, 9.17) is 9.84 Å². The fraction of sp³-hybridized carbons (Fsp3) is 0.917. The van der Waals surface area contributed by atoms with E-state index in [1.807, 2.05) is 20.8 Å². The molecule has 0 aromatic heterocycles. The van der Waals surface area contributed by atoms with Gasteiger partial charge in [0, 0.05) is 13.1 Å². The zero-order chi connectivity index (χ0) is 12.9. The van der Waals surface area contributed by atoms with E-state index in [0.29, 0.717) is 19.0 Å². The van der Waals surface area contributed by atoms with Gasteiger partial charge in [-0.2, -0.15) is 0 Å². The lowest BCUT2D eigenvalue weighted by atomic mass is 10.1. The zero-order valence-corrected chi connectivity index (χ0v) is 11.0. The predicted octanol–water partition coefficient (Wildman–Crippen LogP) is 0.825. The second-order valence-corrected chi connectivity index (χ2v) is 5.51. The summed E-state index contributed by atoms with van der Waals surface area (Å²) in [5.41, 5.74) is -0.487. The van der Waals surface area contributed by atoms with Crippen LogP contribution in [0.2, 0.25) is 0 Å². The van der Waals surface area contributed by atoms with Crippen molar-refractivity contribution in [2.45, 2.75) is 32.8 Å². The van der Waals surface area contributed by atoms with Crippen LogP contribution in [0.25, 0.3) is 0 Å². The highest BCUT2D eigenvalue weighted by Crippen LogP contribution is 2.14. The molecule has 1 fully saturated rings. The van der Waals surface area contributed by atoms with E-state index in [1.54, 1.807) is 4.90 Å². The number of hydrogen-bond donors (Lipinski definition) is 2. The molecule has 5 heteroatoms. The Morgan fingerprint density at radius 3 is 2.71 bits per heavy atom. The van der Waals surface area contributed by atoms with Gasteiger partial charge in [0.25, 0.3) is 0 Å². The third-order valence-electron chi connectivity index (χ3n) is 2.66. The van der Waals surface area contributed by atoms with Gasteiger partial charge in [0.15, 0.2) is 0 Å². The van der Waals surface area contributed by atoms with Gasteiger partial charge in [0.2, 0.25) is 0 Å². The molecule has 1 unspecified atom stereocenters. The highest BCUT2D eigenvalue weighted by Gasteiger charge is 2.25. The fourth-order valence-electron chi connectivity index (χ4n) is 1.89. The van der Waals surface area contributed by atoms with Crippen molar-refractivity contribution in [1.29, 1.82) is 0 Å². The SMILES string of the molecule is CC(C)(C)OC(=O)N(CCO)CC1CCNC1. The van der Waals surface area contributed by atoms with E-state index in [0.717, 1.165) is 19.5 Å². The third-order valence-corrected chi connectivity index (χ3v) is 2.66. The lowest BCUT2D eigenvalue weighted by molar-refractivity contribution is 0.0192. The van der Waals surface area contributed by atoms with Crippen molar-refractivity contribution in [3.05, 3.63) is 0 Å². The molecule has 0 saturated carbocycles. The third kappa shape index (κ3) is 5.37. The monoisotopic (exact) mass is 244 g/mol. The van der Waals surface area contributed by atoms with E-state index in [1.165, 1.54) is 0 Å². The van der Waals surface area contributed by atoms with Gasteiger partial charge in [0.1, 0.15) is 5.60 Å². The van der Waals surface area contributed by atoms with Gasteiger partial charge in [0.05, 0.1) is 6.61 Å². The number of nitrogens with one attached hydrogen (secondary N) is 1. The molecular weight excluding hydrogens is 220 g/mol. The summed E-state index contributed by atoms with van der Waals surface area (Å²) in [6.07, 6.45) is 0.739. The van der Waals surface area contributed by atoms with E-state index in [9.17, 15) is 4.79 Å². The van der Waals surface area contributed by atoms with Crippen molar-refractivity contribution in [1.82, 2.24) is 10.2 Å². The molecule has 0 aliphatic carbocycles. The van der Waals surface area contributed by atoms with Crippen LogP contribution >= 0.6 is 0 Å². The van der Waals surface area contributed by atoms with Crippen LogP contribution in [0, 0.1) is 5.92 Å². The van der Waals surface area contributed by atoms with Crippen LogP contribution in [0.4, 0.5) is 4.79 Å². The van der Waals surface area contributed by atoms with Crippen molar-refractivity contribution in [2.75, 3.05) is 32.8 Å². The summed E-state index contributed by atoms with van der Waals surface area (Å²) in [5, 5.41) is 12.3. The molecule has 17 heavy (non-hydrogen) atoms. The highest BCUT2D eigenvalue weighted by atomic mass is 16.6. The van der Waals surface area contributed by atoms with E-state index in [2.05, 4.69) is 5.32 Å². The first-order valence-electron chi connectivity index (χ1n) is 6.22. The molecular formula is C12H24N2O3. The lowest BCUT2D eigenvalue weighted by Gasteiger charge is -2.28. The molecule has 100 valence electrons. The van der Waals surface area contributed by atoms with E-state index in [-0.39, 0.29) is 12.7 Å². The number of carbonyl (C=O) groups excluding carboxylic acids is 1. The zero-order valence-electron chi connectivity index (χ0n) is 11.0. The number of amides is 1. The minimum Gasteiger partial charge on any atom is -0.444 e. The fourth-order valence-corrected chi connectivity index (χ4v) is 1.89. The molecule has 0 aromatic carbocycles. The van der Waals surface area contributed by atoms with Crippen LogP contribution < -0.4 is 5.32 Å². The Morgan fingerprint density at radius 1 is 1.53 bits per heavy atom. The Labute approximate surface area is 103 Å². The molecule has 1 aliphatic heterocycles. The van der Waals surface area contributed by atoms with Gasteiger partial charge in [-0.05, 0) is 46.2 Å². The summed E-state index contributed by atoms with van der Waals surface area (Å²) in [7, 11) is 0. The quantitative estimate of drug-likeness (QED) is 0.769. The maximum Gasteiger partial charge on any atom is 0.410 e. The molecule has 1 atom stereocenters. The summed E-state index contributed by atoms with van der Waals surface area (Å²) >= 11 is 0. The number of hydrogen-bond acceptors (Lipinski definition) is 4. The first kappa shape index (κ1) is 14.3. The van der Waals surface area contributed by atoms with Crippen molar-refractivity contribution >= 4 is 6.09 Å². The molecule has 1 amide bonds.